The Kier molecular flexibility index (Phi) is 4.23. The number of aromatic amines is 1. The lowest BCUT2D eigenvalue weighted by Crippen LogP contribution is -2.48. The molecule has 0 aromatic carbocycles. The lowest BCUT2D eigenvalue weighted by atomic mass is 9.77. The van der Waals surface area contributed by atoms with Crippen molar-refractivity contribution >= 4 is 5.91 Å². The van der Waals surface area contributed by atoms with Crippen molar-refractivity contribution in [3.63, 3.8) is 0 Å². The minimum absolute atomic E-state index is 0.0112. The maximum absolute atomic E-state index is 13.0. The molecular weight excluding hydrogens is 366 g/mol. The number of hydrogen-bond donors (Lipinski definition) is 1. The standard InChI is InChI=1S/C22H21N5O2/c28-20-17-6-8-22(18(17)25-19(26-20)15-4-1-9-23-12-15)7-3-11-27(14-22)21(29)16-5-2-10-24-13-16/h1-2,4-5,9-10,12-13H,3,6-8,11,14H2,(H,25,26,28). The minimum atomic E-state index is -0.267. The maximum Gasteiger partial charge on any atom is 0.255 e. The molecule has 4 heterocycles. The number of nitrogens with zero attached hydrogens (tertiary/aromatic N) is 4. The van der Waals surface area contributed by atoms with Crippen molar-refractivity contribution < 1.29 is 4.79 Å². The van der Waals surface area contributed by atoms with Gasteiger partial charge < -0.3 is 9.88 Å². The number of amides is 1. The molecule has 1 aliphatic carbocycles. The van der Waals surface area contributed by atoms with Gasteiger partial charge in [-0.1, -0.05) is 0 Å². The highest BCUT2D eigenvalue weighted by Gasteiger charge is 2.45. The average Bonchev–Trinajstić information content (AvgIpc) is 3.12. The molecule has 0 saturated carbocycles. The van der Waals surface area contributed by atoms with Gasteiger partial charge in [-0.15, -0.1) is 0 Å². The third-order valence-corrected chi connectivity index (χ3v) is 6.08. The molecule has 5 rings (SSSR count). The van der Waals surface area contributed by atoms with Crippen molar-refractivity contribution in [3.05, 3.63) is 76.2 Å². The van der Waals surface area contributed by atoms with Gasteiger partial charge in [0, 0.05) is 54.4 Å². The normalized spacial score (nSPS) is 20.6. The van der Waals surface area contributed by atoms with E-state index in [1.807, 2.05) is 17.0 Å². The minimum Gasteiger partial charge on any atom is -0.338 e. The molecule has 1 aliphatic heterocycles. The lowest BCUT2D eigenvalue weighted by Gasteiger charge is -2.40. The van der Waals surface area contributed by atoms with E-state index in [1.54, 1.807) is 36.9 Å². The second-order valence-electron chi connectivity index (χ2n) is 7.84. The van der Waals surface area contributed by atoms with E-state index in [0.717, 1.165) is 36.1 Å². The van der Waals surface area contributed by atoms with E-state index < -0.39 is 0 Å². The fourth-order valence-corrected chi connectivity index (χ4v) is 4.66. The molecule has 1 fully saturated rings. The summed E-state index contributed by atoms with van der Waals surface area (Å²) in [4.78, 5) is 43.7. The summed E-state index contributed by atoms with van der Waals surface area (Å²) < 4.78 is 0. The monoisotopic (exact) mass is 387 g/mol. The summed E-state index contributed by atoms with van der Waals surface area (Å²) in [6.45, 7) is 1.29. The summed E-state index contributed by atoms with van der Waals surface area (Å²) in [7, 11) is 0. The summed E-state index contributed by atoms with van der Waals surface area (Å²) in [6.07, 6.45) is 10.0. The predicted molar refractivity (Wildman–Crippen MR) is 107 cm³/mol. The molecule has 1 spiro atoms. The molecule has 146 valence electrons. The Morgan fingerprint density at radius 1 is 1.10 bits per heavy atom. The van der Waals surface area contributed by atoms with Crippen LogP contribution in [0.15, 0.2) is 53.8 Å². The number of piperidine rings is 1. The van der Waals surface area contributed by atoms with E-state index >= 15 is 0 Å². The van der Waals surface area contributed by atoms with Crippen molar-refractivity contribution in [1.29, 1.82) is 0 Å². The van der Waals surface area contributed by atoms with E-state index in [-0.39, 0.29) is 16.9 Å². The van der Waals surface area contributed by atoms with Gasteiger partial charge in [0.2, 0.25) is 0 Å². The zero-order valence-electron chi connectivity index (χ0n) is 16.0. The van der Waals surface area contributed by atoms with E-state index in [0.29, 0.717) is 30.9 Å². The van der Waals surface area contributed by atoms with Crippen LogP contribution >= 0.6 is 0 Å². The molecule has 1 N–H and O–H groups in total. The van der Waals surface area contributed by atoms with E-state index in [9.17, 15) is 9.59 Å². The quantitative estimate of drug-likeness (QED) is 0.729. The highest BCUT2D eigenvalue weighted by molar-refractivity contribution is 5.94. The summed E-state index contributed by atoms with van der Waals surface area (Å²) >= 11 is 0. The largest absolute Gasteiger partial charge is 0.338 e. The zero-order chi connectivity index (χ0) is 19.8. The Morgan fingerprint density at radius 3 is 2.69 bits per heavy atom. The van der Waals surface area contributed by atoms with E-state index in [4.69, 9.17) is 4.98 Å². The smallest absolute Gasteiger partial charge is 0.255 e. The number of hydrogen-bond acceptors (Lipinski definition) is 5. The van der Waals surface area contributed by atoms with Gasteiger partial charge in [0.05, 0.1) is 11.3 Å². The Bertz CT molecular complexity index is 1110. The topological polar surface area (TPSA) is 91.8 Å². The first kappa shape index (κ1) is 17.7. The number of fused-ring (bicyclic) bond motifs is 2. The summed E-state index contributed by atoms with van der Waals surface area (Å²) in [5.41, 5.74) is 2.64. The van der Waals surface area contributed by atoms with Crippen LogP contribution in [0.1, 0.15) is 40.9 Å². The first-order valence-electron chi connectivity index (χ1n) is 9.90. The molecular formula is C22H21N5O2. The van der Waals surface area contributed by atoms with Gasteiger partial charge in [-0.2, -0.15) is 0 Å². The highest BCUT2D eigenvalue weighted by Crippen LogP contribution is 2.43. The van der Waals surface area contributed by atoms with Crippen molar-refractivity contribution in [2.75, 3.05) is 13.1 Å². The second kappa shape index (κ2) is 6.92. The van der Waals surface area contributed by atoms with Crippen LogP contribution in [0.4, 0.5) is 0 Å². The molecule has 1 atom stereocenters. The van der Waals surface area contributed by atoms with E-state index in [2.05, 4.69) is 15.0 Å². The fourth-order valence-electron chi connectivity index (χ4n) is 4.66. The maximum atomic E-state index is 13.0. The van der Waals surface area contributed by atoms with Crippen LogP contribution in [0.3, 0.4) is 0 Å². The molecule has 0 bridgehead atoms. The van der Waals surface area contributed by atoms with Gasteiger partial charge in [0.1, 0.15) is 5.82 Å². The average molecular weight is 387 g/mol. The van der Waals surface area contributed by atoms with E-state index in [1.165, 1.54) is 0 Å². The lowest BCUT2D eigenvalue weighted by molar-refractivity contribution is 0.0633. The summed E-state index contributed by atoms with van der Waals surface area (Å²) in [5, 5.41) is 0. The highest BCUT2D eigenvalue weighted by atomic mass is 16.2. The van der Waals surface area contributed by atoms with Gasteiger partial charge in [0.15, 0.2) is 0 Å². The number of carbonyl (C=O) groups is 1. The van der Waals surface area contributed by atoms with Crippen LogP contribution in [0.5, 0.6) is 0 Å². The Balaban J connectivity index is 1.52. The molecule has 7 heteroatoms. The molecule has 1 saturated heterocycles. The van der Waals surface area contributed by atoms with Gasteiger partial charge in [0.25, 0.3) is 11.5 Å². The van der Waals surface area contributed by atoms with Crippen LogP contribution < -0.4 is 5.56 Å². The summed E-state index contributed by atoms with van der Waals surface area (Å²) in [6, 6.07) is 7.29. The van der Waals surface area contributed by atoms with Crippen LogP contribution in [0.2, 0.25) is 0 Å². The number of nitrogens with one attached hydrogen (secondary N) is 1. The van der Waals surface area contributed by atoms with Gasteiger partial charge in [-0.25, -0.2) is 4.98 Å². The fraction of sp³-hybridized carbons (Fsp3) is 0.318. The first-order chi connectivity index (χ1) is 14.2. The molecule has 29 heavy (non-hydrogen) atoms. The van der Waals surface area contributed by atoms with Crippen LogP contribution in [0.25, 0.3) is 11.4 Å². The second-order valence-corrected chi connectivity index (χ2v) is 7.84. The predicted octanol–water partition coefficient (Wildman–Crippen LogP) is 2.35. The van der Waals surface area contributed by atoms with Crippen molar-refractivity contribution in [2.45, 2.75) is 31.1 Å². The van der Waals surface area contributed by atoms with Crippen molar-refractivity contribution in [3.8, 4) is 11.4 Å². The third-order valence-electron chi connectivity index (χ3n) is 6.08. The van der Waals surface area contributed by atoms with Crippen LogP contribution in [-0.2, 0) is 11.8 Å². The number of H-pyrrole nitrogens is 1. The Morgan fingerprint density at radius 2 is 1.93 bits per heavy atom. The molecule has 1 unspecified atom stereocenters. The van der Waals surface area contributed by atoms with Crippen LogP contribution in [0, 0.1) is 0 Å². The number of aromatic nitrogens is 4. The molecule has 3 aromatic heterocycles. The number of likely N-dealkylation sites (tertiary alicyclic amines) is 1. The van der Waals surface area contributed by atoms with Gasteiger partial charge in [-0.3, -0.25) is 19.6 Å². The summed E-state index contributed by atoms with van der Waals surface area (Å²) in [5.74, 6) is 0.529. The Hall–Kier alpha value is -3.35. The van der Waals surface area contributed by atoms with Crippen molar-refractivity contribution in [1.82, 2.24) is 24.8 Å². The van der Waals surface area contributed by atoms with Crippen LogP contribution in [-0.4, -0.2) is 43.8 Å². The first-order valence-corrected chi connectivity index (χ1v) is 9.90. The molecule has 3 aromatic rings. The molecule has 7 nitrogen and oxygen atoms in total. The Labute approximate surface area is 167 Å². The third kappa shape index (κ3) is 3.03. The van der Waals surface area contributed by atoms with Gasteiger partial charge >= 0.3 is 0 Å². The van der Waals surface area contributed by atoms with Crippen molar-refractivity contribution in [2.24, 2.45) is 0 Å². The zero-order valence-corrected chi connectivity index (χ0v) is 16.0. The number of rotatable bonds is 2. The molecule has 0 radical (unpaired) electrons. The number of pyridine rings is 2. The number of carbonyl (C=O) groups excluding carboxylic acids is 1. The SMILES string of the molecule is O=C(c1cccnc1)N1CCCC2(CCc3c2nc(-c2cccnc2)[nH]c3=O)C1. The molecule has 1 amide bonds. The van der Waals surface area contributed by atoms with Gasteiger partial charge in [-0.05, 0) is 49.9 Å². The molecule has 2 aliphatic rings.